The summed E-state index contributed by atoms with van der Waals surface area (Å²) in [4.78, 5) is 25.3. The van der Waals surface area contributed by atoms with Crippen molar-refractivity contribution in [2.75, 3.05) is 0 Å². The van der Waals surface area contributed by atoms with E-state index in [1.165, 1.54) is 6.07 Å². The summed E-state index contributed by atoms with van der Waals surface area (Å²) in [5, 5.41) is 0.300. The van der Waals surface area contributed by atoms with E-state index in [0.717, 1.165) is 16.9 Å². The molecule has 0 spiro atoms. The van der Waals surface area contributed by atoms with E-state index < -0.39 is 5.97 Å². The number of fused-ring (bicyclic) bond motifs is 2. The van der Waals surface area contributed by atoms with Crippen molar-refractivity contribution in [1.82, 2.24) is 0 Å². The van der Waals surface area contributed by atoms with Gasteiger partial charge in [0.2, 0.25) is 5.78 Å². The van der Waals surface area contributed by atoms with Crippen LogP contribution in [0.3, 0.4) is 0 Å². The molecule has 0 unspecified atom stereocenters. The Labute approximate surface area is 189 Å². The lowest BCUT2D eigenvalue weighted by Gasteiger charge is -2.22. The van der Waals surface area contributed by atoms with Crippen LogP contribution in [0.15, 0.2) is 84.1 Å². The minimum absolute atomic E-state index is 0.190. The summed E-state index contributed by atoms with van der Waals surface area (Å²) >= 11 is 6.06. The van der Waals surface area contributed by atoms with Gasteiger partial charge < -0.3 is 14.2 Å². The number of esters is 1. The topological polar surface area (TPSA) is 61.8 Å². The quantitative estimate of drug-likeness (QED) is 0.286. The smallest absolute Gasteiger partial charge is 0.345 e. The number of allylic oxidation sites excluding steroid dienone is 1. The van der Waals surface area contributed by atoms with E-state index in [1.807, 2.05) is 37.3 Å². The number of para-hydroxylation sites is 1. The fourth-order valence-electron chi connectivity index (χ4n) is 3.59. The van der Waals surface area contributed by atoms with Crippen LogP contribution in [0.25, 0.3) is 6.08 Å². The number of benzene rings is 3. The van der Waals surface area contributed by atoms with Gasteiger partial charge in [0.05, 0.1) is 16.1 Å². The number of ether oxygens (including phenoxy) is 3. The highest BCUT2D eigenvalue weighted by Gasteiger charge is 2.29. The third-order valence-corrected chi connectivity index (χ3v) is 5.59. The Hall–Kier alpha value is -3.83. The molecule has 2 aliphatic rings. The van der Waals surface area contributed by atoms with Gasteiger partial charge >= 0.3 is 5.97 Å². The first-order chi connectivity index (χ1) is 15.5. The first kappa shape index (κ1) is 20.1. The Morgan fingerprint density at radius 2 is 1.81 bits per heavy atom. The largest absolute Gasteiger partial charge is 0.485 e. The molecule has 0 amide bonds. The van der Waals surface area contributed by atoms with Gasteiger partial charge in [-0.1, -0.05) is 41.9 Å². The second-order valence-corrected chi connectivity index (χ2v) is 7.82. The van der Waals surface area contributed by atoms with Gasteiger partial charge in [-0.05, 0) is 55.0 Å². The first-order valence-electron chi connectivity index (χ1n) is 10.0. The van der Waals surface area contributed by atoms with Crippen LogP contribution in [0.2, 0.25) is 5.02 Å². The predicted octanol–water partition coefficient (Wildman–Crippen LogP) is 5.88. The van der Waals surface area contributed by atoms with Gasteiger partial charge in [-0.3, -0.25) is 4.79 Å². The molecular formula is C26H17ClO5. The average Bonchev–Trinajstić information content (AvgIpc) is 3.09. The standard InChI is InChI=1S/C26H17ClO5/c1-15-17(12-16-6-2-5-9-22(16)30-15)13-24-25(28)20-11-10-18(14-23(20)32-24)31-26(29)19-7-3-4-8-21(19)27/h2-15H,1H3/b24-13-/t15-/m0/s1. The lowest BCUT2D eigenvalue weighted by molar-refractivity contribution is 0.0734. The minimum atomic E-state index is -0.590. The van der Waals surface area contributed by atoms with E-state index in [1.54, 1.807) is 42.5 Å². The fourth-order valence-corrected chi connectivity index (χ4v) is 3.81. The molecule has 158 valence electrons. The molecule has 6 heteroatoms. The van der Waals surface area contributed by atoms with Crippen molar-refractivity contribution in [1.29, 1.82) is 0 Å². The number of Topliss-reactive ketones (excluding diaryl/α,β-unsaturated/α-hetero) is 1. The molecular weight excluding hydrogens is 428 g/mol. The molecule has 3 aromatic rings. The SMILES string of the molecule is C[C@@H]1Oc2ccccc2C=C1/C=C1\Oc2cc(OC(=O)c3ccccc3Cl)ccc2C1=O. The maximum absolute atomic E-state index is 12.8. The molecule has 5 rings (SSSR count). The van der Waals surface area contributed by atoms with E-state index in [4.69, 9.17) is 25.8 Å². The summed E-state index contributed by atoms with van der Waals surface area (Å²) < 4.78 is 17.2. The van der Waals surface area contributed by atoms with Crippen LogP contribution >= 0.6 is 11.6 Å². The van der Waals surface area contributed by atoms with Gasteiger partial charge in [0.1, 0.15) is 23.4 Å². The number of carbonyl (C=O) groups excluding carboxylic acids is 2. The Morgan fingerprint density at radius 3 is 2.66 bits per heavy atom. The van der Waals surface area contributed by atoms with Crippen molar-refractivity contribution in [2.45, 2.75) is 13.0 Å². The van der Waals surface area contributed by atoms with Crippen molar-refractivity contribution < 1.29 is 23.8 Å². The van der Waals surface area contributed by atoms with Gasteiger partial charge in [-0.25, -0.2) is 4.79 Å². The van der Waals surface area contributed by atoms with Gasteiger partial charge in [0, 0.05) is 11.6 Å². The highest BCUT2D eigenvalue weighted by atomic mass is 35.5. The lowest BCUT2D eigenvalue weighted by Crippen LogP contribution is -2.18. The van der Waals surface area contributed by atoms with Crippen molar-refractivity contribution >= 4 is 29.4 Å². The highest BCUT2D eigenvalue weighted by Crippen LogP contribution is 2.36. The Balaban J connectivity index is 1.39. The van der Waals surface area contributed by atoms with Crippen LogP contribution in [0.4, 0.5) is 0 Å². The Bertz CT molecular complexity index is 1320. The molecule has 1 atom stereocenters. The van der Waals surface area contributed by atoms with Crippen LogP contribution in [0, 0.1) is 0 Å². The zero-order chi connectivity index (χ0) is 22.2. The highest BCUT2D eigenvalue weighted by molar-refractivity contribution is 6.33. The van der Waals surface area contributed by atoms with Crippen LogP contribution in [-0.4, -0.2) is 17.9 Å². The molecule has 0 saturated carbocycles. The molecule has 2 heterocycles. The molecule has 0 radical (unpaired) electrons. The summed E-state index contributed by atoms with van der Waals surface area (Å²) in [7, 11) is 0. The van der Waals surface area contributed by atoms with Crippen molar-refractivity contribution in [3.05, 3.63) is 106 Å². The van der Waals surface area contributed by atoms with Crippen LogP contribution < -0.4 is 14.2 Å². The van der Waals surface area contributed by atoms with E-state index >= 15 is 0 Å². The minimum Gasteiger partial charge on any atom is -0.485 e. The summed E-state index contributed by atoms with van der Waals surface area (Å²) in [6.07, 6.45) is 3.44. The number of rotatable bonds is 3. The number of hydrogen-bond donors (Lipinski definition) is 0. The Morgan fingerprint density at radius 1 is 1.03 bits per heavy atom. The molecule has 0 aromatic heterocycles. The average molecular weight is 445 g/mol. The Kier molecular flexibility index (Phi) is 5.04. The van der Waals surface area contributed by atoms with E-state index in [2.05, 4.69) is 0 Å². The molecule has 0 fully saturated rings. The second kappa shape index (κ2) is 8.02. The molecule has 2 aliphatic heterocycles. The monoisotopic (exact) mass is 444 g/mol. The van der Waals surface area contributed by atoms with Gasteiger partial charge in [-0.2, -0.15) is 0 Å². The van der Waals surface area contributed by atoms with Crippen molar-refractivity contribution in [3.8, 4) is 17.2 Å². The van der Waals surface area contributed by atoms with Crippen LogP contribution in [0.1, 0.15) is 33.2 Å². The van der Waals surface area contributed by atoms with E-state index in [0.29, 0.717) is 16.3 Å². The van der Waals surface area contributed by atoms with Crippen molar-refractivity contribution in [3.63, 3.8) is 0 Å². The summed E-state index contributed by atoms with van der Waals surface area (Å²) in [5.41, 5.74) is 2.42. The van der Waals surface area contributed by atoms with Crippen molar-refractivity contribution in [2.24, 2.45) is 0 Å². The molecule has 0 N–H and O–H groups in total. The third kappa shape index (κ3) is 3.67. The van der Waals surface area contributed by atoms with Gasteiger partial charge in [-0.15, -0.1) is 0 Å². The molecule has 0 saturated heterocycles. The number of ketones is 1. The number of halogens is 1. The van der Waals surface area contributed by atoms with E-state index in [-0.39, 0.29) is 29.0 Å². The fraction of sp³-hybridized carbons (Fsp3) is 0.0769. The third-order valence-electron chi connectivity index (χ3n) is 5.26. The van der Waals surface area contributed by atoms with E-state index in [9.17, 15) is 9.59 Å². The van der Waals surface area contributed by atoms with Crippen LogP contribution in [-0.2, 0) is 0 Å². The predicted molar refractivity (Wildman–Crippen MR) is 120 cm³/mol. The second-order valence-electron chi connectivity index (χ2n) is 7.41. The molecule has 32 heavy (non-hydrogen) atoms. The van der Waals surface area contributed by atoms with Gasteiger partial charge in [0.15, 0.2) is 5.76 Å². The lowest BCUT2D eigenvalue weighted by atomic mass is 10.0. The number of hydrogen-bond acceptors (Lipinski definition) is 5. The molecule has 0 aliphatic carbocycles. The molecule has 5 nitrogen and oxygen atoms in total. The van der Waals surface area contributed by atoms with Crippen LogP contribution in [0.5, 0.6) is 17.2 Å². The molecule has 3 aromatic carbocycles. The summed E-state index contributed by atoms with van der Waals surface area (Å²) in [5.74, 6) is 0.745. The number of carbonyl (C=O) groups is 2. The first-order valence-corrected chi connectivity index (χ1v) is 10.4. The zero-order valence-corrected chi connectivity index (χ0v) is 17.8. The summed E-state index contributed by atoms with van der Waals surface area (Å²) in [6, 6.07) is 19.0. The maximum Gasteiger partial charge on any atom is 0.345 e. The maximum atomic E-state index is 12.8. The molecule has 0 bridgehead atoms. The zero-order valence-electron chi connectivity index (χ0n) is 17.0. The normalized spacial score (nSPS) is 17.7. The van der Waals surface area contributed by atoms with Gasteiger partial charge in [0.25, 0.3) is 0 Å². The summed E-state index contributed by atoms with van der Waals surface area (Å²) in [6.45, 7) is 1.91.